The van der Waals surface area contributed by atoms with Crippen molar-refractivity contribution >= 4 is 34.0 Å². The molecule has 0 unspecified atom stereocenters. The Morgan fingerprint density at radius 3 is 2.41 bits per heavy atom. The maximum atomic E-state index is 6.21. The molecular formula is C24H30ClN5O2. The summed E-state index contributed by atoms with van der Waals surface area (Å²) in [6.07, 6.45) is 3.65. The molecule has 1 aliphatic heterocycles. The number of anilines is 2. The van der Waals surface area contributed by atoms with Gasteiger partial charge < -0.3 is 20.5 Å². The van der Waals surface area contributed by atoms with E-state index in [1.807, 2.05) is 44.2 Å². The molecule has 0 amide bonds. The highest BCUT2D eigenvalue weighted by Crippen LogP contribution is 2.34. The third-order valence-electron chi connectivity index (χ3n) is 5.70. The van der Waals surface area contributed by atoms with Crippen molar-refractivity contribution < 1.29 is 9.47 Å². The smallest absolute Gasteiger partial charge is 0.146 e. The molecule has 1 saturated heterocycles. The second-order valence-corrected chi connectivity index (χ2v) is 8.39. The Balaban J connectivity index is 1.39. The Morgan fingerprint density at radius 1 is 1.06 bits per heavy atom. The molecule has 4 rings (SSSR count). The average Bonchev–Trinajstić information content (AvgIpc) is 2.78. The molecule has 8 heteroatoms. The SMILES string of the molecule is CCOc1cc(CN2CCC(Nc3ncnc4cc(Cl)ccc34)CC2)cc(OCC)c1N. The van der Waals surface area contributed by atoms with Gasteiger partial charge in [0.25, 0.3) is 0 Å². The van der Waals surface area contributed by atoms with Crippen molar-refractivity contribution in [2.45, 2.75) is 39.3 Å². The van der Waals surface area contributed by atoms with Gasteiger partial charge in [0.15, 0.2) is 0 Å². The number of hydrogen-bond acceptors (Lipinski definition) is 7. The van der Waals surface area contributed by atoms with Crippen molar-refractivity contribution in [1.82, 2.24) is 14.9 Å². The first-order chi connectivity index (χ1) is 15.6. The lowest BCUT2D eigenvalue weighted by molar-refractivity contribution is 0.210. The number of ether oxygens (including phenoxy) is 2. The quantitative estimate of drug-likeness (QED) is 0.474. The monoisotopic (exact) mass is 455 g/mol. The molecular weight excluding hydrogens is 426 g/mol. The molecule has 3 N–H and O–H groups in total. The number of rotatable bonds is 8. The zero-order valence-corrected chi connectivity index (χ0v) is 19.4. The van der Waals surface area contributed by atoms with E-state index in [0.717, 1.165) is 54.8 Å². The Hall–Kier alpha value is -2.77. The summed E-state index contributed by atoms with van der Waals surface area (Å²) in [5, 5.41) is 5.28. The minimum absolute atomic E-state index is 0.365. The summed E-state index contributed by atoms with van der Waals surface area (Å²) >= 11 is 6.10. The summed E-state index contributed by atoms with van der Waals surface area (Å²) in [4.78, 5) is 11.2. The van der Waals surface area contributed by atoms with Crippen molar-refractivity contribution in [1.29, 1.82) is 0 Å². The fraction of sp³-hybridized carbons (Fsp3) is 0.417. The molecule has 1 aromatic heterocycles. The van der Waals surface area contributed by atoms with E-state index in [1.54, 1.807) is 6.33 Å². The number of likely N-dealkylation sites (tertiary alicyclic amines) is 1. The Morgan fingerprint density at radius 2 is 1.75 bits per heavy atom. The summed E-state index contributed by atoms with van der Waals surface area (Å²) in [5.41, 5.74) is 8.78. The van der Waals surface area contributed by atoms with Gasteiger partial charge in [-0.2, -0.15) is 0 Å². The standard InChI is InChI=1S/C24H30ClN5O2/c1-3-31-21-11-16(12-22(23(21)26)32-4-2)14-30-9-7-18(8-10-30)29-24-19-6-5-17(25)13-20(19)27-15-28-24/h5-6,11-13,15,18H,3-4,7-10,14,26H2,1-2H3,(H,27,28,29). The number of hydrogen-bond donors (Lipinski definition) is 2. The largest absolute Gasteiger partial charge is 0.492 e. The third-order valence-corrected chi connectivity index (χ3v) is 5.93. The van der Waals surface area contributed by atoms with E-state index < -0.39 is 0 Å². The number of nitrogens with one attached hydrogen (secondary N) is 1. The molecule has 0 radical (unpaired) electrons. The molecule has 0 spiro atoms. The average molecular weight is 456 g/mol. The van der Waals surface area contributed by atoms with Crippen LogP contribution in [0.5, 0.6) is 11.5 Å². The molecule has 1 aliphatic rings. The number of nitrogens with two attached hydrogens (primary N) is 1. The van der Waals surface area contributed by atoms with Crippen LogP contribution in [0.2, 0.25) is 5.02 Å². The van der Waals surface area contributed by atoms with E-state index in [9.17, 15) is 0 Å². The van der Waals surface area contributed by atoms with E-state index in [2.05, 4.69) is 20.2 Å². The van der Waals surface area contributed by atoms with Gasteiger partial charge in [0, 0.05) is 36.1 Å². The minimum atomic E-state index is 0.365. The molecule has 1 fully saturated rings. The number of nitrogens with zero attached hydrogens (tertiary/aromatic N) is 3. The summed E-state index contributed by atoms with van der Waals surface area (Å²) < 4.78 is 11.5. The van der Waals surface area contributed by atoms with Crippen LogP contribution < -0.4 is 20.5 Å². The first-order valence-electron chi connectivity index (χ1n) is 11.1. The Labute approximate surface area is 193 Å². The molecule has 2 heterocycles. The van der Waals surface area contributed by atoms with E-state index in [0.29, 0.717) is 41.5 Å². The summed E-state index contributed by atoms with van der Waals surface area (Å²) in [6, 6.07) is 10.1. The van der Waals surface area contributed by atoms with Crippen LogP contribution in [-0.2, 0) is 6.54 Å². The van der Waals surface area contributed by atoms with Gasteiger partial charge in [0.1, 0.15) is 29.3 Å². The number of aromatic nitrogens is 2. The topological polar surface area (TPSA) is 85.5 Å². The predicted molar refractivity (Wildman–Crippen MR) is 130 cm³/mol. The molecule has 2 aromatic carbocycles. The van der Waals surface area contributed by atoms with Gasteiger partial charge in [-0.3, -0.25) is 4.90 Å². The molecule has 0 atom stereocenters. The lowest BCUT2D eigenvalue weighted by Gasteiger charge is -2.33. The molecule has 0 aliphatic carbocycles. The number of benzene rings is 2. The van der Waals surface area contributed by atoms with Gasteiger partial charge in [-0.25, -0.2) is 9.97 Å². The predicted octanol–water partition coefficient (Wildman–Crippen LogP) is 4.74. The molecule has 0 saturated carbocycles. The molecule has 3 aromatic rings. The van der Waals surface area contributed by atoms with Crippen LogP contribution in [-0.4, -0.2) is 47.2 Å². The van der Waals surface area contributed by atoms with Crippen molar-refractivity contribution in [2.24, 2.45) is 0 Å². The Kier molecular flexibility index (Phi) is 7.17. The molecule has 170 valence electrons. The number of nitrogen functional groups attached to an aromatic ring is 1. The molecule has 0 bridgehead atoms. The van der Waals surface area contributed by atoms with Crippen LogP contribution in [0.25, 0.3) is 10.9 Å². The van der Waals surface area contributed by atoms with E-state index in [4.69, 9.17) is 26.8 Å². The van der Waals surface area contributed by atoms with Crippen molar-refractivity contribution in [3.05, 3.63) is 47.2 Å². The van der Waals surface area contributed by atoms with Gasteiger partial charge in [-0.15, -0.1) is 0 Å². The fourth-order valence-corrected chi connectivity index (χ4v) is 4.30. The lowest BCUT2D eigenvalue weighted by atomic mass is 10.0. The minimum Gasteiger partial charge on any atom is -0.492 e. The van der Waals surface area contributed by atoms with Crippen molar-refractivity contribution in [2.75, 3.05) is 37.4 Å². The second kappa shape index (κ2) is 10.2. The summed E-state index contributed by atoms with van der Waals surface area (Å²) in [5.74, 6) is 2.26. The zero-order valence-electron chi connectivity index (χ0n) is 18.6. The number of fused-ring (bicyclic) bond motifs is 1. The van der Waals surface area contributed by atoms with Crippen LogP contribution in [0.3, 0.4) is 0 Å². The van der Waals surface area contributed by atoms with Crippen LogP contribution in [0.1, 0.15) is 32.3 Å². The van der Waals surface area contributed by atoms with Crippen molar-refractivity contribution in [3.63, 3.8) is 0 Å². The van der Waals surface area contributed by atoms with Crippen molar-refractivity contribution in [3.8, 4) is 11.5 Å². The van der Waals surface area contributed by atoms with E-state index in [1.165, 1.54) is 0 Å². The van der Waals surface area contributed by atoms with Crippen LogP contribution in [0.4, 0.5) is 11.5 Å². The molecule has 32 heavy (non-hydrogen) atoms. The highest BCUT2D eigenvalue weighted by atomic mass is 35.5. The Bertz CT molecular complexity index is 1040. The first-order valence-corrected chi connectivity index (χ1v) is 11.5. The number of piperidine rings is 1. The second-order valence-electron chi connectivity index (χ2n) is 7.95. The van der Waals surface area contributed by atoms with Crippen LogP contribution >= 0.6 is 11.6 Å². The van der Waals surface area contributed by atoms with Crippen LogP contribution in [0, 0.1) is 0 Å². The van der Waals surface area contributed by atoms with E-state index >= 15 is 0 Å². The zero-order chi connectivity index (χ0) is 22.5. The normalized spacial score (nSPS) is 15.1. The van der Waals surface area contributed by atoms with Crippen LogP contribution in [0.15, 0.2) is 36.7 Å². The summed E-state index contributed by atoms with van der Waals surface area (Å²) in [7, 11) is 0. The fourth-order valence-electron chi connectivity index (χ4n) is 4.13. The maximum absolute atomic E-state index is 6.21. The van der Waals surface area contributed by atoms with Gasteiger partial charge in [0.05, 0.1) is 18.7 Å². The maximum Gasteiger partial charge on any atom is 0.146 e. The third kappa shape index (κ3) is 5.16. The number of halogens is 1. The van der Waals surface area contributed by atoms with Gasteiger partial charge in [0.2, 0.25) is 0 Å². The highest BCUT2D eigenvalue weighted by molar-refractivity contribution is 6.31. The van der Waals surface area contributed by atoms with Gasteiger partial charge in [-0.1, -0.05) is 11.6 Å². The van der Waals surface area contributed by atoms with Gasteiger partial charge in [-0.05, 0) is 62.6 Å². The first kappa shape index (κ1) is 22.4. The lowest BCUT2D eigenvalue weighted by Crippen LogP contribution is -2.38. The molecule has 7 nitrogen and oxygen atoms in total. The summed E-state index contributed by atoms with van der Waals surface area (Å²) in [6.45, 7) is 7.87. The van der Waals surface area contributed by atoms with Gasteiger partial charge >= 0.3 is 0 Å². The van der Waals surface area contributed by atoms with E-state index in [-0.39, 0.29) is 0 Å². The highest BCUT2D eigenvalue weighted by Gasteiger charge is 2.21.